The largest absolute Gasteiger partial charge is 0.459 e. The van der Waals surface area contributed by atoms with Crippen LogP contribution in [0.1, 0.15) is 30.0 Å². The number of aromatic nitrogens is 1. The summed E-state index contributed by atoms with van der Waals surface area (Å²) in [7, 11) is 0. The van der Waals surface area contributed by atoms with Gasteiger partial charge in [-0.1, -0.05) is 13.0 Å². The standard InChI is InChI=1S/C17H17FN2O/c1-3-19-17(16-11(2)5-4-8-20-16)15-10-12-9-13(18)6-7-14(12)21-15/h4-10,17,19H,3H2,1-2H3. The molecule has 0 aliphatic rings. The van der Waals surface area contributed by atoms with Crippen LogP contribution in [0.4, 0.5) is 4.39 Å². The number of benzene rings is 1. The summed E-state index contributed by atoms with van der Waals surface area (Å²) in [6.45, 7) is 4.84. The van der Waals surface area contributed by atoms with Gasteiger partial charge in [-0.25, -0.2) is 4.39 Å². The molecule has 2 heterocycles. The average Bonchev–Trinajstić information content (AvgIpc) is 2.88. The van der Waals surface area contributed by atoms with E-state index in [2.05, 4.69) is 10.3 Å². The minimum atomic E-state index is -0.260. The number of nitrogens with one attached hydrogen (secondary N) is 1. The number of aryl methyl sites for hydroxylation is 1. The van der Waals surface area contributed by atoms with Crippen molar-refractivity contribution in [3.63, 3.8) is 0 Å². The molecule has 3 rings (SSSR count). The number of pyridine rings is 1. The summed E-state index contributed by atoms with van der Waals surface area (Å²) in [6.07, 6.45) is 1.77. The minimum absolute atomic E-state index is 0.133. The lowest BCUT2D eigenvalue weighted by Gasteiger charge is -2.16. The van der Waals surface area contributed by atoms with Crippen molar-refractivity contribution in [2.75, 3.05) is 6.54 Å². The smallest absolute Gasteiger partial charge is 0.134 e. The first kappa shape index (κ1) is 13.8. The first-order valence-corrected chi connectivity index (χ1v) is 7.03. The normalized spacial score (nSPS) is 12.7. The molecule has 0 saturated heterocycles. The Balaban J connectivity index is 2.09. The third-order valence-corrected chi connectivity index (χ3v) is 3.51. The van der Waals surface area contributed by atoms with Crippen LogP contribution in [0.2, 0.25) is 0 Å². The second-order valence-corrected chi connectivity index (χ2v) is 5.03. The Hall–Kier alpha value is -2.20. The van der Waals surface area contributed by atoms with E-state index < -0.39 is 0 Å². The van der Waals surface area contributed by atoms with Crippen LogP contribution in [0.25, 0.3) is 11.0 Å². The van der Waals surface area contributed by atoms with Gasteiger partial charge in [0.1, 0.15) is 23.2 Å². The summed E-state index contributed by atoms with van der Waals surface area (Å²) in [5, 5.41) is 4.15. The lowest BCUT2D eigenvalue weighted by molar-refractivity contribution is 0.469. The molecule has 1 N–H and O–H groups in total. The van der Waals surface area contributed by atoms with E-state index in [1.54, 1.807) is 12.3 Å². The van der Waals surface area contributed by atoms with Gasteiger partial charge in [0.15, 0.2) is 0 Å². The van der Waals surface area contributed by atoms with E-state index in [9.17, 15) is 4.39 Å². The molecule has 108 valence electrons. The lowest BCUT2D eigenvalue weighted by atomic mass is 10.1. The zero-order valence-corrected chi connectivity index (χ0v) is 12.1. The summed E-state index contributed by atoms with van der Waals surface area (Å²) in [4.78, 5) is 4.46. The Morgan fingerprint density at radius 3 is 2.90 bits per heavy atom. The van der Waals surface area contributed by atoms with Crippen molar-refractivity contribution >= 4 is 11.0 Å². The van der Waals surface area contributed by atoms with E-state index in [-0.39, 0.29) is 11.9 Å². The van der Waals surface area contributed by atoms with Crippen LogP contribution in [0.15, 0.2) is 47.0 Å². The molecule has 0 saturated carbocycles. The SMILES string of the molecule is CCNC(c1cc2cc(F)ccc2o1)c1ncccc1C. The second kappa shape index (κ2) is 5.66. The van der Waals surface area contributed by atoms with Crippen LogP contribution in [0.5, 0.6) is 0 Å². The predicted molar refractivity (Wildman–Crippen MR) is 80.7 cm³/mol. The minimum Gasteiger partial charge on any atom is -0.459 e. The topological polar surface area (TPSA) is 38.1 Å². The molecule has 0 radical (unpaired) electrons. The van der Waals surface area contributed by atoms with Gasteiger partial charge in [-0.05, 0) is 49.4 Å². The Bertz CT molecular complexity index is 766. The van der Waals surface area contributed by atoms with Crippen LogP contribution in [-0.2, 0) is 0 Å². The number of rotatable bonds is 4. The first-order valence-electron chi connectivity index (χ1n) is 7.03. The summed E-state index contributed by atoms with van der Waals surface area (Å²) in [6, 6.07) is 10.2. The quantitative estimate of drug-likeness (QED) is 0.787. The van der Waals surface area contributed by atoms with Crippen molar-refractivity contribution in [3.8, 4) is 0 Å². The number of hydrogen-bond acceptors (Lipinski definition) is 3. The van der Waals surface area contributed by atoms with Gasteiger partial charge in [-0.15, -0.1) is 0 Å². The van der Waals surface area contributed by atoms with Crippen molar-refractivity contribution in [2.24, 2.45) is 0 Å². The van der Waals surface area contributed by atoms with Crippen LogP contribution in [-0.4, -0.2) is 11.5 Å². The van der Waals surface area contributed by atoms with Gasteiger partial charge in [0.25, 0.3) is 0 Å². The van der Waals surface area contributed by atoms with Crippen LogP contribution in [0, 0.1) is 12.7 Å². The summed E-state index contributed by atoms with van der Waals surface area (Å²) in [5.41, 5.74) is 2.71. The zero-order valence-electron chi connectivity index (χ0n) is 12.1. The Labute approximate surface area is 122 Å². The summed E-state index contributed by atoms with van der Waals surface area (Å²) >= 11 is 0. The van der Waals surface area contributed by atoms with Gasteiger partial charge < -0.3 is 9.73 Å². The van der Waals surface area contributed by atoms with Gasteiger partial charge in [0, 0.05) is 11.6 Å². The second-order valence-electron chi connectivity index (χ2n) is 5.03. The monoisotopic (exact) mass is 284 g/mol. The maximum atomic E-state index is 13.3. The fourth-order valence-corrected chi connectivity index (χ4v) is 2.51. The first-order chi connectivity index (χ1) is 10.2. The van der Waals surface area contributed by atoms with E-state index in [1.807, 2.05) is 32.0 Å². The van der Waals surface area contributed by atoms with Gasteiger partial charge in [-0.2, -0.15) is 0 Å². The third-order valence-electron chi connectivity index (χ3n) is 3.51. The van der Waals surface area contributed by atoms with E-state index >= 15 is 0 Å². The highest BCUT2D eigenvalue weighted by molar-refractivity contribution is 5.78. The number of hydrogen-bond donors (Lipinski definition) is 1. The molecule has 0 aliphatic carbocycles. The van der Waals surface area contributed by atoms with Crippen molar-refractivity contribution in [1.29, 1.82) is 0 Å². The van der Waals surface area contributed by atoms with E-state index in [4.69, 9.17) is 4.42 Å². The molecule has 2 aromatic heterocycles. The van der Waals surface area contributed by atoms with Gasteiger partial charge >= 0.3 is 0 Å². The number of fused-ring (bicyclic) bond motifs is 1. The number of halogens is 1. The van der Waals surface area contributed by atoms with Gasteiger partial charge in [0.2, 0.25) is 0 Å². The van der Waals surface area contributed by atoms with Crippen LogP contribution < -0.4 is 5.32 Å². The van der Waals surface area contributed by atoms with Crippen molar-refractivity contribution in [3.05, 3.63) is 65.4 Å². The highest BCUT2D eigenvalue weighted by atomic mass is 19.1. The van der Waals surface area contributed by atoms with Crippen LogP contribution >= 0.6 is 0 Å². The molecule has 0 spiro atoms. The van der Waals surface area contributed by atoms with E-state index in [0.29, 0.717) is 5.58 Å². The molecular weight excluding hydrogens is 267 g/mol. The molecule has 21 heavy (non-hydrogen) atoms. The molecule has 1 atom stereocenters. The van der Waals surface area contributed by atoms with Gasteiger partial charge in [0.05, 0.1) is 5.69 Å². The summed E-state index contributed by atoms with van der Waals surface area (Å²) in [5.74, 6) is 0.489. The van der Waals surface area contributed by atoms with E-state index in [1.165, 1.54) is 12.1 Å². The highest BCUT2D eigenvalue weighted by Gasteiger charge is 2.20. The predicted octanol–water partition coefficient (Wildman–Crippen LogP) is 3.97. The molecule has 1 unspecified atom stereocenters. The number of nitrogens with zero attached hydrogens (tertiary/aromatic N) is 1. The fourth-order valence-electron chi connectivity index (χ4n) is 2.51. The maximum Gasteiger partial charge on any atom is 0.134 e. The van der Waals surface area contributed by atoms with Crippen molar-refractivity contribution < 1.29 is 8.81 Å². The molecule has 0 fully saturated rings. The molecule has 0 bridgehead atoms. The van der Waals surface area contributed by atoms with Crippen LogP contribution in [0.3, 0.4) is 0 Å². The maximum absolute atomic E-state index is 13.3. The van der Waals surface area contributed by atoms with Gasteiger partial charge in [-0.3, -0.25) is 4.98 Å². The molecule has 4 heteroatoms. The Morgan fingerprint density at radius 2 is 2.14 bits per heavy atom. The fraction of sp³-hybridized carbons (Fsp3) is 0.235. The third kappa shape index (κ3) is 2.67. The highest BCUT2D eigenvalue weighted by Crippen LogP contribution is 2.29. The molecule has 0 amide bonds. The average molecular weight is 284 g/mol. The van der Waals surface area contributed by atoms with E-state index in [0.717, 1.165) is 28.9 Å². The van der Waals surface area contributed by atoms with Crippen molar-refractivity contribution in [1.82, 2.24) is 10.3 Å². The molecule has 3 aromatic rings. The molecule has 0 aliphatic heterocycles. The summed E-state index contributed by atoms with van der Waals surface area (Å²) < 4.78 is 19.2. The zero-order chi connectivity index (χ0) is 14.8. The molecule has 1 aromatic carbocycles. The van der Waals surface area contributed by atoms with Crippen molar-refractivity contribution in [2.45, 2.75) is 19.9 Å². The Morgan fingerprint density at radius 1 is 1.29 bits per heavy atom. The Kier molecular flexibility index (Phi) is 3.71. The molecule has 3 nitrogen and oxygen atoms in total. The lowest BCUT2D eigenvalue weighted by Crippen LogP contribution is -2.23. The number of furan rings is 1. The molecular formula is C17H17FN2O.